The molecule has 7 heteroatoms. The lowest BCUT2D eigenvalue weighted by molar-refractivity contribution is -0.384. The van der Waals surface area contributed by atoms with Gasteiger partial charge in [-0.15, -0.1) is 11.3 Å². The number of alkyl halides is 1. The summed E-state index contributed by atoms with van der Waals surface area (Å²) < 4.78 is 6.73. The fraction of sp³-hybridized carbons (Fsp3) is 0.167. The highest BCUT2D eigenvalue weighted by Crippen LogP contribution is 2.29. The number of nitro groups is 1. The zero-order valence-corrected chi connectivity index (χ0v) is 13.6. The van der Waals surface area contributed by atoms with Gasteiger partial charge in [0.1, 0.15) is 12.4 Å². The largest absolute Gasteiger partial charge is 0.488 e. The minimum absolute atomic E-state index is 0.0686. The minimum Gasteiger partial charge on any atom is -0.488 e. The van der Waals surface area contributed by atoms with Crippen LogP contribution in [0.25, 0.3) is 0 Å². The zero-order valence-electron chi connectivity index (χ0n) is 9.64. The zero-order chi connectivity index (χ0) is 13.8. The molecule has 0 aliphatic heterocycles. The van der Waals surface area contributed by atoms with E-state index in [-0.39, 0.29) is 5.69 Å². The van der Waals surface area contributed by atoms with Crippen LogP contribution in [0, 0.1) is 10.1 Å². The van der Waals surface area contributed by atoms with Crippen LogP contribution in [0.4, 0.5) is 5.69 Å². The van der Waals surface area contributed by atoms with Gasteiger partial charge in [-0.2, -0.15) is 0 Å². The van der Waals surface area contributed by atoms with Gasteiger partial charge < -0.3 is 4.74 Å². The highest BCUT2D eigenvalue weighted by Gasteiger charge is 2.11. The van der Waals surface area contributed by atoms with E-state index >= 15 is 0 Å². The molecule has 4 nitrogen and oxygen atoms in total. The van der Waals surface area contributed by atoms with E-state index in [4.69, 9.17) is 4.74 Å². The summed E-state index contributed by atoms with van der Waals surface area (Å²) in [5.41, 5.74) is 0.834. The number of halogens is 2. The van der Waals surface area contributed by atoms with E-state index in [1.54, 1.807) is 17.4 Å². The third-order valence-electron chi connectivity index (χ3n) is 2.45. The molecule has 0 bridgehead atoms. The maximum atomic E-state index is 10.7. The second-order valence-electron chi connectivity index (χ2n) is 3.66. The molecular weight excluding hydrogens is 398 g/mol. The van der Waals surface area contributed by atoms with Crippen LogP contribution in [0.2, 0.25) is 0 Å². The molecule has 19 heavy (non-hydrogen) atoms. The van der Waals surface area contributed by atoms with E-state index in [1.165, 1.54) is 12.1 Å². The van der Waals surface area contributed by atoms with E-state index < -0.39 is 4.92 Å². The number of non-ortho nitro benzene ring substituents is 1. The van der Waals surface area contributed by atoms with Gasteiger partial charge in [-0.3, -0.25) is 10.1 Å². The molecule has 0 aliphatic rings. The van der Waals surface area contributed by atoms with Crippen molar-refractivity contribution < 1.29 is 9.66 Å². The Kier molecular flexibility index (Phi) is 4.95. The molecule has 0 saturated heterocycles. The molecule has 0 N–H and O–H groups in total. The Labute approximate surface area is 130 Å². The number of nitrogens with zero attached hydrogens (tertiary/aromatic N) is 1. The molecule has 1 aromatic heterocycles. The smallest absolute Gasteiger partial charge is 0.270 e. The van der Waals surface area contributed by atoms with Gasteiger partial charge in [0, 0.05) is 27.5 Å². The van der Waals surface area contributed by atoms with Crippen molar-refractivity contribution in [1.82, 2.24) is 0 Å². The third-order valence-corrected chi connectivity index (χ3v) is 4.95. The van der Waals surface area contributed by atoms with Gasteiger partial charge >= 0.3 is 0 Å². The molecule has 1 heterocycles. The van der Waals surface area contributed by atoms with Gasteiger partial charge in [-0.05, 0) is 33.4 Å². The monoisotopic (exact) mass is 405 g/mol. The summed E-state index contributed by atoms with van der Waals surface area (Å²) in [6, 6.07) is 6.57. The van der Waals surface area contributed by atoms with E-state index in [1.807, 2.05) is 11.4 Å². The molecule has 0 spiro atoms. The second-order valence-corrected chi connectivity index (χ2v) is 6.08. The van der Waals surface area contributed by atoms with Crippen LogP contribution in [0.1, 0.15) is 10.4 Å². The average Bonchev–Trinajstić information content (AvgIpc) is 2.81. The molecule has 0 fully saturated rings. The summed E-state index contributed by atoms with van der Waals surface area (Å²) in [5.74, 6) is 0.655. The lowest BCUT2D eigenvalue weighted by Crippen LogP contribution is -1.98. The SMILES string of the molecule is O=[N+]([O-])c1ccc(OCc2sccc2Br)c(CBr)c1. The van der Waals surface area contributed by atoms with Crippen molar-refractivity contribution in [2.24, 2.45) is 0 Å². The number of hydrogen-bond acceptors (Lipinski definition) is 4. The molecule has 0 unspecified atom stereocenters. The highest BCUT2D eigenvalue weighted by molar-refractivity contribution is 9.10. The molecule has 1 aromatic carbocycles. The molecule has 0 atom stereocenters. The van der Waals surface area contributed by atoms with Gasteiger partial charge in [-0.1, -0.05) is 15.9 Å². The average molecular weight is 407 g/mol. The van der Waals surface area contributed by atoms with Crippen molar-refractivity contribution in [2.45, 2.75) is 11.9 Å². The molecule has 2 rings (SSSR count). The van der Waals surface area contributed by atoms with Crippen molar-refractivity contribution in [3.63, 3.8) is 0 Å². The first-order valence-corrected chi connectivity index (χ1v) is 8.09. The lowest BCUT2D eigenvalue weighted by atomic mass is 10.2. The normalized spacial score (nSPS) is 10.4. The maximum Gasteiger partial charge on any atom is 0.270 e. The van der Waals surface area contributed by atoms with Gasteiger partial charge in [-0.25, -0.2) is 0 Å². The first-order chi connectivity index (χ1) is 9.11. The van der Waals surface area contributed by atoms with Crippen LogP contribution in [0.5, 0.6) is 5.75 Å². The number of nitro benzene ring substituents is 1. The number of hydrogen-bond donors (Lipinski definition) is 0. The summed E-state index contributed by atoms with van der Waals surface area (Å²) in [4.78, 5) is 11.4. The quantitative estimate of drug-likeness (QED) is 0.403. The highest BCUT2D eigenvalue weighted by atomic mass is 79.9. The van der Waals surface area contributed by atoms with Gasteiger partial charge in [0.2, 0.25) is 0 Å². The summed E-state index contributed by atoms with van der Waals surface area (Å²) in [5, 5.41) is 13.2. The first-order valence-electron chi connectivity index (χ1n) is 5.29. The standard InChI is InChI=1S/C12H9Br2NO3S/c13-6-8-5-9(15(16)17)1-2-11(8)18-7-12-10(14)3-4-19-12/h1-5H,6-7H2. The van der Waals surface area contributed by atoms with E-state index in [2.05, 4.69) is 31.9 Å². The topological polar surface area (TPSA) is 52.4 Å². The number of rotatable bonds is 5. The van der Waals surface area contributed by atoms with E-state index in [0.717, 1.165) is 14.9 Å². The minimum atomic E-state index is -0.411. The summed E-state index contributed by atoms with van der Waals surface area (Å²) in [6.45, 7) is 0.441. The Hall–Kier alpha value is -0.920. The molecule has 0 radical (unpaired) electrons. The molecule has 2 aromatic rings. The van der Waals surface area contributed by atoms with Gasteiger partial charge in [0.05, 0.1) is 9.80 Å². The van der Waals surface area contributed by atoms with Crippen LogP contribution in [-0.4, -0.2) is 4.92 Å². The van der Waals surface area contributed by atoms with Crippen molar-refractivity contribution in [3.05, 3.63) is 54.7 Å². The number of thiophene rings is 1. The Morgan fingerprint density at radius 1 is 1.37 bits per heavy atom. The Bertz CT molecular complexity index is 600. The molecular formula is C12H9Br2NO3S. The summed E-state index contributed by atoms with van der Waals surface area (Å²) >= 11 is 8.35. The van der Waals surface area contributed by atoms with Gasteiger partial charge in [0.25, 0.3) is 5.69 Å². The molecule has 0 aliphatic carbocycles. The van der Waals surface area contributed by atoms with E-state index in [0.29, 0.717) is 17.7 Å². The number of ether oxygens (including phenoxy) is 1. The summed E-state index contributed by atoms with van der Waals surface area (Å²) in [7, 11) is 0. The molecule has 100 valence electrons. The summed E-state index contributed by atoms with van der Waals surface area (Å²) in [6.07, 6.45) is 0. The number of benzene rings is 1. The van der Waals surface area contributed by atoms with Crippen molar-refractivity contribution in [1.29, 1.82) is 0 Å². The van der Waals surface area contributed by atoms with Crippen molar-refractivity contribution in [3.8, 4) is 5.75 Å². The van der Waals surface area contributed by atoms with Crippen LogP contribution < -0.4 is 4.74 Å². The van der Waals surface area contributed by atoms with Crippen molar-refractivity contribution in [2.75, 3.05) is 0 Å². The van der Waals surface area contributed by atoms with Crippen molar-refractivity contribution >= 4 is 48.9 Å². The fourth-order valence-corrected chi connectivity index (χ4v) is 3.31. The predicted octanol–water partition coefficient (Wildman–Crippen LogP) is 4.89. The second kappa shape index (κ2) is 6.49. The fourth-order valence-electron chi connectivity index (χ4n) is 1.50. The third kappa shape index (κ3) is 3.55. The Morgan fingerprint density at radius 2 is 2.16 bits per heavy atom. The predicted molar refractivity (Wildman–Crippen MR) is 82.1 cm³/mol. The van der Waals surface area contributed by atoms with Crippen LogP contribution in [-0.2, 0) is 11.9 Å². The van der Waals surface area contributed by atoms with Crippen LogP contribution in [0.3, 0.4) is 0 Å². The Morgan fingerprint density at radius 3 is 2.74 bits per heavy atom. The maximum absolute atomic E-state index is 10.7. The lowest BCUT2D eigenvalue weighted by Gasteiger charge is -2.09. The van der Waals surface area contributed by atoms with Crippen LogP contribution >= 0.6 is 43.2 Å². The molecule has 0 amide bonds. The van der Waals surface area contributed by atoms with E-state index in [9.17, 15) is 10.1 Å². The first kappa shape index (κ1) is 14.5. The Balaban J connectivity index is 2.16. The van der Waals surface area contributed by atoms with Gasteiger partial charge in [0.15, 0.2) is 0 Å². The van der Waals surface area contributed by atoms with Crippen LogP contribution in [0.15, 0.2) is 34.1 Å². The molecule has 0 saturated carbocycles.